The van der Waals surface area contributed by atoms with Gasteiger partial charge in [0.05, 0.1) is 5.88 Å². The molecule has 0 amide bonds. The van der Waals surface area contributed by atoms with E-state index >= 15 is 0 Å². The molecular weight excluding hydrogens is 390 g/mol. The van der Waals surface area contributed by atoms with E-state index < -0.39 is 0 Å². The number of benzene rings is 3. The summed E-state index contributed by atoms with van der Waals surface area (Å²) in [6.07, 6.45) is 8.97. The predicted octanol–water partition coefficient (Wildman–Crippen LogP) is 6.72. The third-order valence-corrected chi connectivity index (χ3v) is 5.42. The molecule has 25 heavy (non-hydrogen) atoms. The van der Waals surface area contributed by atoms with Gasteiger partial charge in [-0.3, -0.25) is 4.99 Å². The van der Waals surface area contributed by atoms with Gasteiger partial charge in [0, 0.05) is 6.21 Å². The van der Waals surface area contributed by atoms with Crippen molar-refractivity contribution in [2.24, 2.45) is 4.99 Å². The fourth-order valence-corrected chi connectivity index (χ4v) is 4.06. The highest BCUT2D eigenvalue weighted by molar-refractivity contribution is 8.93. The molecule has 0 spiro atoms. The Balaban J connectivity index is 0.000000224. The van der Waals surface area contributed by atoms with Gasteiger partial charge in [-0.1, -0.05) is 48.5 Å². The van der Waals surface area contributed by atoms with Crippen molar-refractivity contribution in [3.8, 4) is 0 Å². The first-order valence-corrected chi connectivity index (χ1v) is 9.67. The molecule has 0 unspecified atom stereocenters. The van der Waals surface area contributed by atoms with Gasteiger partial charge < -0.3 is 0 Å². The zero-order valence-corrected chi connectivity index (χ0v) is 16.7. The lowest BCUT2D eigenvalue weighted by Gasteiger charge is -2.18. The molecule has 1 nitrogen and oxygen atoms in total. The van der Waals surface area contributed by atoms with Crippen molar-refractivity contribution in [3.63, 3.8) is 0 Å². The van der Waals surface area contributed by atoms with Gasteiger partial charge in [-0.05, 0) is 69.8 Å². The zero-order valence-electron chi connectivity index (χ0n) is 14.2. The maximum Gasteiger partial charge on any atom is 0.0884 e. The molecule has 1 aliphatic heterocycles. The van der Waals surface area contributed by atoms with Crippen LogP contribution in [0.15, 0.2) is 65.0 Å². The first kappa shape index (κ1) is 18.2. The first-order chi connectivity index (χ1) is 11.9. The number of allylic oxidation sites excluding steroid dienone is 1. The maximum absolute atomic E-state index is 3.93. The van der Waals surface area contributed by atoms with E-state index in [1.54, 1.807) is 22.9 Å². The van der Waals surface area contributed by atoms with Crippen molar-refractivity contribution in [1.29, 1.82) is 0 Å². The molecule has 0 fully saturated rings. The molecular formula is C22H22BrNS. The summed E-state index contributed by atoms with van der Waals surface area (Å²) in [4.78, 5) is 3.93. The van der Waals surface area contributed by atoms with Gasteiger partial charge in [-0.25, -0.2) is 0 Å². The molecule has 3 aromatic carbocycles. The number of halogens is 1. The van der Waals surface area contributed by atoms with Gasteiger partial charge in [0.2, 0.25) is 0 Å². The third-order valence-electron chi connectivity index (χ3n) is 4.77. The average Bonchev–Trinajstić information content (AvgIpc) is 2.69. The van der Waals surface area contributed by atoms with Crippen LogP contribution in [0.1, 0.15) is 24.0 Å². The molecule has 128 valence electrons. The van der Waals surface area contributed by atoms with Gasteiger partial charge in [-0.2, -0.15) is 0 Å². The van der Waals surface area contributed by atoms with E-state index in [-0.39, 0.29) is 17.0 Å². The Labute approximate surface area is 164 Å². The summed E-state index contributed by atoms with van der Waals surface area (Å²) < 4.78 is 0. The van der Waals surface area contributed by atoms with Crippen molar-refractivity contribution >= 4 is 56.5 Å². The number of thioether (sulfide) groups is 1. The second-order valence-electron chi connectivity index (χ2n) is 6.25. The largest absolute Gasteiger partial charge is 0.282 e. The van der Waals surface area contributed by atoms with E-state index in [1.165, 1.54) is 47.2 Å². The number of hydrogen-bond donors (Lipinski definition) is 0. The van der Waals surface area contributed by atoms with Crippen LogP contribution in [0.2, 0.25) is 0 Å². The van der Waals surface area contributed by atoms with E-state index in [1.807, 2.05) is 17.7 Å². The van der Waals surface area contributed by atoms with Crippen molar-refractivity contribution in [3.05, 3.63) is 71.1 Å². The lowest BCUT2D eigenvalue weighted by molar-refractivity contribution is 0.690. The number of nitrogens with zero attached hydrogens (tertiary/aromatic N) is 1. The Kier molecular flexibility index (Phi) is 6.33. The Morgan fingerprint density at radius 2 is 1.64 bits per heavy atom. The van der Waals surface area contributed by atoms with Crippen LogP contribution in [-0.4, -0.2) is 12.1 Å². The third kappa shape index (κ3) is 3.99. The second kappa shape index (κ2) is 8.68. The van der Waals surface area contributed by atoms with Crippen LogP contribution in [0.3, 0.4) is 0 Å². The SMILES string of the molecule is Br.C1=CSCN=C1.c1ccc2c(c1)ccc1c3c(ccc12)CCCC3. The van der Waals surface area contributed by atoms with Crippen LogP contribution in [0.25, 0.3) is 21.5 Å². The fourth-order valence-electron chi connectivity index (χ4n) is 3.62. The quantitative estimate of drug-likeness (QED) is 0.373. The van der Waals surface area contributed by atoms with Crippen molar-refractivity contribution in [1.82, 2.24) is 0 Å². The van der Waals surface area contributed by atoms with Crippen molar-refractivity contribution in [2.75, 3.05) is 5.88 Å². The van der Waals surface area contributed by atoms with E-state index in [4.69, 9.17) is 0 Å². The Morgan fingerprint density at radius 3 is 2.40 bits per heavy atom. The first-order valence-electron chi connectivity index (χ1n) is 8.62. The van der Waals surface area contributed by atoms with Gasteiger partial charge in [-0.15, -0.1) is 28.7 Å². The van der Waals surface area contributed by atoms with Gasteiger partial charge >= 0.3 is 0 Å². The topological polar surface area (TPSA) is 12.4 Å². The lowest BCUT2D eigenvalue weighted by atomic mass is 9.86. The minimum atomic E-state index is 0. The number of fused-ring (bicyclic) bond motifs is 5. The summed E-state index contributed by atoms with van der Waals surface area (Å²) >= 11 is 1.72. The monoisotopic (exact) mass is 411 g/mol. The minimum absolute atomic E-state index is 0. The molecule has 0 N–H and O–H groups in total. The number of aryl methyl sites for hydroxylation is 2. The number of hydrogen-bond acceptors (Lipinski definition) is 2. The number of aliphatic imine (C=N–C) groups is 1. The molecule has 3 aromatic rings. The van der Waals surface area contributed by atoms with Crippen LogP contribution in [-0.2, 0) is 12.8 Å². The highest BCUT2D eigenvalue weighted by Crippen LogP contribution is 2.33. The highest BCUT2D eigenvalue weighted by Gasteiger charge is 2.13. The molecule has 0 saturated heterocycles. The molecule has 0 saturated carbocycles. The molecule has 3 heteroatoms. The Bertz CT molecular complexity index is 918. The van der Waals surface area contributed by atoms with Gasteiger partial charge in [0.15, 0.2) is 0 Å². The second-order valence-corrected chi connectivity index (χ2v) is 7.11. The lowest BCUT2D eigenvalue weighted by Crippen LogP contribution is -2.02. The smallest absolute Gasteiger partial charge is 0.0884 e. The molecule has 1 heterocycles. The standard InChI is InChI=1S/C18H16.C4H5NS.BrH/c1-3-7-15-13(5-1)9-11-18-16-8-4-2-6-14(16)10-12-17(15)18;1-2-5-4-6-3-1;/h1,3,5,7,9-12H,2,4,6,8H2;1-3H,4H2;1H. The van der Waals surface area contributed by atoms with Crippen LogP contribution in [0.4, 0.5) is 0 Å². The van der Waals surface area contributed by atoms with Gasteiger partial charge in [0.25, 0.3) is 0 Å². The Morgan fingerprint density at radius 1 is 0.800 bits per heavy atom. The van der Waals surface area contributed by atoms with E-state index in [0.29, 0.717) is 0 Å². The Hall–Kier alpha value is -1.58. The predicted molar refractivity (Wildman–Crippen MR) is 119 cm³/mol. The summed E-state index contributed by atoms with van der Waals surface area (Å²) in [6, 6.07) is 18.0. The van der Waals surface area contributed by atoms with Gasteiger partial charge in [0.1, 0.15) is 0 Å². The minimum Gasteiger partial charge on any atom is -0.282 e. The van der Waals surface area contributed by atoms with E-state index in [9.17, 15) is 0 Å². The summed E-state index contributed by atoms with van der Waals surface area (Å²) in [5.41, 5.74) is 3.17. The summed E-state index contributed by atoms with van der Waals surface area (Å²) in [7, 11) is 0. The number of rotatable bonds is 0. The summed E-state index contributed by atoms with van der Waals surface area (Å²) in [6.45, 7) is 0. The van der Waals surface area contributed by atoms with E-state index in [0.717, 1.165) is 5.88 Å². The molecule has 1 aliphatic carbocycles. The summed E-state index contributed by atoms with van der Waals surface area (Å²) in [5, 5.41) is 7.68. The molecule has 0 atom stereocenters. The van der Waals surface area contributed by atoms with Crippen LogP contribution in [0.5, 0.6) is 0 Å². The molecule has 0 radical (unpaired) electrons. The zero-order chi connectivity index (χ0) is 16.2. The average molecular weight is 412 g/mol. The fraction of sp³-hybridized carbons (Fsp3) is 0.227. The normalized spacial score (nSPS) is 15.2. The van der Waals surface area contributed by atoms with Crippen molar-refractivity contribution < 1.29 is 0 Å². The molecule has 2 aliphatic rings. The van der Waals surface area contributed by atoms with Crippen LogP contribution in [0, 0.1) is 0 Å². The van der Waals surface area contributed by atoms with Crippen LogP contribution >= 0.6 is 28.7 Å². The molecule has 0 aromatic heterocycles. The van der Waals surface area contributed by atoms with Crippen molar-refractivity contribution in [2.45, 2.75) is 25.7 Å². The van der Waals surface area contributed by atoms with E-state index in [2.05, 4.69) is 53.5 Å². The molecule has 0 bridgehead atoms. The molecule has 5 rings (SSSR count). The maximum atomic E-state index is 3.93. The highest BCUT2D eigenvalue weighted by atomic mass is 79.9. The summed E-state index contributed by atoms with van der Waals surface area (Å²) in [5.74, 6) is 0.899. The van der Waals surface area contributed by atoms with Crippen LogP contribution < -0.4 is 0 Å².